The lowest BCUT2D eigenvalue weighted by Gasteiger charge is -2.41. The number of nitrogens with zero attached hydrogens (tertiary/aromatic N) is 2. The monoisotopic (exact) mass is 253 g/mol. The first-order chi connectivity index (χ1) is 8.65. The average Bonchev–Trinajstić information content (AvgIpc) is 2.77. The summed E-state index contributed by atoms with van der Waals surface area (Å²) in [6.45, 7) is 4.64. The first kappa shape index (κ1) is 14.3. The van der Waals surface area contributed by atoms with Crippen molar-refractivity contribution in [2.75, 3.05) is 40.3 Å². The van der Waals surface area contributed by atoms with Crippen molar-refractivity contribution < 1.29 is 0 Å². The fourth-order valence-electron chi connectivity index (χ4n) is 3.89. The van der Waals surface area contributed by atoms with E-state index in [2.05, 4.69) is 23.9 Å². The van der Waals surface area contributed by atoms with Crippen LogP contribution in [-0.4, -0.2) is 56.1 Å². The van der Waals surface area contributed by atoms with Crippen molar-refractivity contribution in [3.05, 3.63) is 0 Å². The number of nitrogens with two attached hydrogens (primary N) is 1. The maximum atomic E-state index is 6.13. The molecule has 2 aliphatic rings. The minimum absolute atomic E-state index is 0.438. The summed E-state index contributed by atoms with van der Waals surface area (Å²) in [4.78, 5) is 5.07. The van der Waals surface area contributed by atoms with Gasteiger partial charge in [-0.2, -0.15) is 0 Å². The molecule has 0 radical (unpaired) electrons. The molecule has 3 heteroatoms. The highest BCUT2D eigenvalue weighted by Crippen LogP contribution is 2.37. The first-order valence-electron chi connectivity index (χ1n) is 7.74. The van der Waals surface area contributed by atoms with Crippen LogP contribution >= 0.6 is 0 Å². The minimum atomic E-state index is 0.438. The minimum Gasteiger partial charge on any atom is -0.330 e. The Morgan fingerprint density at radius 2 is 1.89 bits per heavy atom. The van der Waals surface area contributed by atoms with E-state index in [1.807, 2.05) is 0 Å². The van der Waals surface area contributed by atoms with Gasteiger partial charge in [0.2, 0.25) is 0 Å². The summed E-state index contributed by atoms with van der Waals surface area (Å²) in [6.07, 6.45) is 9.66. The Labute approximate surface area is 113 Å². The van der Waals surface area contributed by atoms with E-state index in [1.165, 1.54) is 64.6 Å². The number of rotatable bonds is 5. The topological polar surface area (TPSA) is 32.5 Å². The van der Waals surface area contributed by atoms with Crippen molar-refractivity contribution >= 4 is 0 Å². The molecule has 0 bridgehead atoms. The number of likely N-dealkylation sites (tertiary alicyclic amines) is 1. The van der Waals surface area contributed by atoms with Gasteiger partial charge in [0.25, 0.3) is 0 Å². The van der Waals surface area contributed by atoms with Gasteiger partial charge >= 0.3 is 0 Å². The molecule has 2 N–H and O–H groups in total. The average molecular weight is 253 g/mol. The van der Waals surface area contributed by atoms with E-state index in [0.717, 1.165) is 12.6 Å². The lowest BCUT2D eigenvalue weighted by Crippen LogP contribution is -2.47. The second-order valence-electron chi connectivity index (χ2n) is 6.79. The van der Waals surface area contributed by atoms with Crippen LogP contribution in [0.4, 0.5) is 0 Å². The lowest BCUT2D eigenvalue weighted by atomic mass is 9.73. The normalized spacial score (nSPS) is 29.0. The predicted molar refractivity (Wildman–Crippen MR) is 77.7 cm³/mol. The van der Waals surface area contributed by atoms with Gasteiger partial charge in [0.15, 0.2) is 0 Å². The highest BCUT2D eigenvalue weighted by Gasteiger charge is 2.36. The van der Waals surface area contributed by atoms with E-state index >= 15 is 0 Å². The molecule has 1 aliphatic carbocycles. The molecular weight excluding hydrogens is 222 g/mol. The van der Waals surface area contributed by atoms with Gasteiger partial charge in [-0.25, -0.2) is 0 Å². The summed E-state index contributed by atoms with van der Waals surface area (Å²) >= 11 is 0. The van der Waals surface area contributed by atoms with Crippen LogP contribution in [0, 0.1) is 5.41 Å². The third-order valence-corrected chi connectivity index (χ3v) is 4.96. The summed E-state index contributed by atoms with van der Waals surface area (Å²) < 4.78 is 0. The van der Waals surface area contributed by atoms with Gasteiger partial charge in [0.1, 0.15) is 0 Å². The molecule has 0 amide bonds. The van der Waals surface area contributed by atoms with E-state index in [0.29, 0.717) is 5.41 Å². The highest BCUT2D eigenvalue weighted by molar-refractivity contribution is 4.91. The summed E-state index contributed by atoms with van der Waals surface area (Å²) in [5.41, 5.74) is 6.56. The van der Waals surface area contributed by atoms with Gasteiger partial charge in [0, 0.05) is 19.1 Å². The van der Waals surface area contributed by atoms with Crippen molar-refractivity contribution in [1.29, 1.82) is 0 Å². The Bertz CT molecular complexity index is 246. The number of hydrogen-bond acceptors (Lipinski definition) is 3. The van der Waals surface area contributed by atoms with Crippen LogP contribution in [0.3, 0.4) is 0 Å². The Morgan fingerprint density at radius 3 is 2.50 bits per heavy atom. The van der Waals surface area contributed by atoms with Crippen LogP contribution in [0.1, 0.15) is 44.9 Å². The molecule has 1 aliphatic heterocycles. The molecule has 3 nitrogen and oxygen atoms in total. The predicted octanol–water partition coefficient (Wildman–Crippen LogP) is 1.92. The van der Waals surface area contributed by atoms with Gasteiger partial charge in [-0.15, -0.1) is 0 Å². The molecule has 2 rings (SSSR count). The Hall–Kier alpha value is -0.120. The second-order valence-corrected chi connectivity index (χ2v) is 6.79. The van der Waals surface area contributed by atoms with Gasteiger partial charge in [-0.1, -0.05) is 19.3 Å². The van der Waals surface area contributed by atoms with Crippen LogP contribution < -0.4 is 5.73 Å². The summed E-state index contributed by atoms with van der Waals surface area (Å²) in [5.74, 6) is 0. The molecule has 0 aromatic heterocycles. The van der Waals surface area contributed by atoms with Crippen molar-refractivity contribution in [3.63, 3.8) is 0 Å². The number of hydrogen-bond donors (Lipinski definition) is 1. The van der Waals surface area contributed by atoms with Crippen LogP contribution in [0.25, 0.3) is 0 Å². The van der Waals surface area contributed by atoms with Crippen molar-refractivity contribution in [2.24, 2.45) is 11.1 Å². The maximum Gasteiger partial charge on any atom is 0.0223 e. The fraction of sp³-hybridized carbons (Fsp3) is 1.00. The summed E-state index contributed by atoms with van der Waals surface area (Å²) in [6, 6.07) is 0.769. The summed E-state index contributed by atoms with van der Waals surface area (Å²) in [5, 5.41) is 0. The van der Waals surface area contributed by atoms with E-state index < -0.39 is 0 Å². The molecule has 1 unspecified atom stereocenters. The van der Waals surface area contributed by atoms with Crippen LogP contribution in [-0.2, 0) is 0 Å². The van der Waals surface area contributed by atoms with E-state index in [4.69, 9.17) is 5.73 Å². The van der Waals surface area contributed by atoms with Crippen molar-refractivity contribution in [3.8, 4) is 0 Å². The van der Waals surface area contributed by atoms with E-state index in [-0.39, 0.29) is 0 Å². The molecular formula is C15H31N3. The van der Waals surface area contributed by atoms with Crippen molar-refractivity contribution in [1.82, 2.24) is 9.80 Å². The standard InChI is InChI=1S/C15H31N3/c1-17(2)11-14-7-6-10-18(14)13-15(12-16)8-4-3-5-9-15/h14H,3-13,16H2,1-2H3. The zero-order valence-electron chi connectivity index (χ0n) is 12.3. The lowest BCUT2D eigenvalue weighted by molar-refractivity contribution is 0.0940. The van der Waals surface area contributed by atoms with E-state index in [9.17, 15) is 0 Å². The Kier molecular flexibility index (Phi) is 5.05. The quantitative estimate of drug-likeness (QED) is 0.812. The third-order valence-electron chi connectivity index (χ3n) is 4.96. The Morgan fingerprint density at radius 1 is 1.17 bits per heavy atom. The van der Waals surface area contributed by atoms with Gasteiger partial charge in [-0.05, 0) is 58.3 Å². The zero-order valence-corrected chi connectivity index (χ0v) is 12.3. The Balaban J connectivity index is 1.93. The van der Waals surface area contributed by atoms with Crippen LogP contribution in [0.15, 0.2) is 0 Å². The zero-order chi connectivity index (χ0) is 13.0. The molecule has 2 fully saturated rings. The van der Waals surface area contributed by atoms with Crippen LogP contribution in [0.2, 0.25) is 0 Å². The molecule has 18 heavy (non-hydrogen) atoms. The third kappa shape index (κ3) is 3.46. The first-order valence-corrected chi connectivity index (χ1v) is 7.74. The molecule has 1 saturated heterocycles. The molecule has 0 aromatic rings. The van der Waals surface area contributed by atoms with Gasteiger partial charge in [0.05, 0.1) is 0 Å². The second kappa shape index (κ2) is 6.36. The fourth-order valence-corrected chi connectivity index (χ4v) is 3.89. The molecule has 1 heterocycles. The van der Waals surface area contributed by atoms with Gasteiger partial charge in [-0.3, -0.25) is 4.90 Å². The molecule has 1 atom stereocenters. The largest absolute Gasteiger partial charge is 0.330 e. The highest BCUT2D eigenvalue weighted by atomic mass is 15.2. The van der Waals surface area contributed by atoms with Crippen LogP contribution in [0.5, 0.6) is 0 Å². The smallest absolute Gasteiger partial charge is 0.0223 e. The number of likely N-dealkylation sites (N-methyl/N-ethyl adjacent to an activating group) is 1. The molecule has 1 saturated carbocycles. The molecule has 106 valence electrons. The van der Waals surface area contributed by atoms with Crippen molar-refractivity contribution in [2.45, 2.75) is 51.0 Å². The maximum absolute atomic E-state index is 6.13. The van der Waals surface area contributed by atoms with E-state index in [1.54, 1.807) is 0 Å². The summed E-state index contributed by atoms with van der Waals surface area (Å²) in [7, 11) is 4.38. The molecule has 0 spiro atoms. The SMILES string of the molecule is CN(C)CC1CCCN1CC1(CN)CCCCC1. The molecule has 0 aromatic carbocycles. The van der Waals surface area contributed by atoms with Gasteiger partial charge < -0.3 is 10.6 Å².